The average Bonchev–Trinajstić information content (AvgIpc) is 2.21. The fourth-order valence-electron chi connectivity index (χ4n) is 2.04. The van der Waals surface area contributed by atoms with E-state index in [0.29, 0.717) is 6.54 Å². The predicted molar refractivity (Wildman–Crippen MR) is 59.4 cm³/mol. The normalized spacial score (nSPS) is 22.1. The molecule has 0 bridgehead atoms. The number of nitrogens with zero attached hydrogens (tertiary/aromatic N) is 1. The third-order valence-electron chi connectivity index (χ3n) is 2.84. The van der Waals surface area contributed by atoms with Gasteiger partial charge in [0, 0.05) is 5.71 Å². The van der Waals surface area contributed by atoms with Crippen molar-refractivity contribution in [3.05, 3.63) is 0 Å². The van der Waals surface area contributed by atoms with Crippen molar-refractivity contribution in [3.8, 4) is 0 Å². The van der Waals surface area contributed by atoms with E-state index in [-0.39, 0.29) is 6.61 Å². The van der Waals surface area contributed by atoms with Crippen LogP contribution in [0.3, 0.4) is 0 Å². The molecule has 0 radical (unpaired) electrons. The Kier molecular flexibility index (Phi) is 5.60. The van der Waals surface area contributed by atoms with Crippen LogP contribution in [0, 0.1) is 5.92 Å². The van der Waals surface area contributed by atoms with E-state index < -0.39 is 0 Å². The van der Waals surface area contributed by atoms with Gasteiger partial charge in [0.05, 0.1) is 13.2 Å². The monoisotopic (exact) mass is 198 g/mol. The predicted octanol–water partition coefficient (Wildman–Crippen LogP) is 1.91. The molecule has 0 saturated heterocycles. The van der Waals surface area contributed by atoms with Crippen molar-refractivity contribution in [2.45, 2.75) is 45.4 Å². The molecule has 0 amide bonds. The van der Waals surface area contributed by atoms with Crippen molar-refractivity contribution in [2.75, 3.05) is 13.2 Å². The molecule has 82 valence electrons. The summed E-state index contributed by atoms with van der Waals surface area (Å²) in [6, 6.07) is 0. The van der Waals surface area contributed by atoms with Crippen LogP contribution in [0.25, 0.3) is 0 Å². The van der Waals surface area contributed by atoms with Gasteiger partial charge in [0.2, 0.25) is 0 Å². The standard InChI is InChI=1S/C11H22N2O/c1-2-3-10-4-6-11(7-5-10)13-12-8-9-14/h10,12,14H,2-9H2,1H3. The van der Waals surface area contributed by atoms with Gasteiger partial charge in [-0.05, 0) is 31.6 Å². The van der Waals surface area contributed by atoms with Gasteiger partial charge in [0.25, 0.3) is 0 Å². The first kappa shape index (κ1) is 11.5. The molecule has 0 spiro atoms. The van der Waals surface area contributed by atoms with E-state index in [4.69, 9.17) is 5.11 Å². The van der Waals surface area contributed by atoms with Gasteiger partial charge in [-0.2, -0.15) is 5.10 Å². The lowest BCUT2D eigenvalue weighted by Crippen LogP contribution is -2.19. The zero-order valence-corrected chi connectivity index (χ0v) is 9.13. The molecule has 3 nitrogen and oxygen atoms in total. The second-order valence-electron chi connectivity index (χ2n) is 4.04. The summed E-state index contributed by atoms with van der Waals surface area (Å²) in [5.74, 6) is 0.928. The fraction of sp³-hybridized carbons (Fsp3) is 0.909. The topological polar surface area (TPSA) is 44.6 Å². The summed E-state index contributed by atoms with van der Waals surface area (Å²) in [6.07, 6.45) is 7.56. The number of aliphatic hydroxyl groups excluding tert-OH is 1. The van der Waals surface area contributed by atoms with E-state index in [1.165, 1.54) is 31.4 Å². The Morgan fingerprint density at radius 1 is 1.43 bits per heavy atom. The van der Waals surface area contributed by atoms with Crippen molar-refractivity contribution < 1.29 is 5.11 Å². The van der Waals surface area contributed by atoms with Crippen LogP contribution in [0.4, 0.5) is 0 Å². The summed E-state index contributed by atoms with van der Waals surface area (Å²) in [5, 5.41) is 12.9. The van der Waals surface area contributed by atoms with E-state index >= 15 is 0 Å². The van der Waals surface area contributed by atoms with Crippen molar-refractivity contribution >= 4 is 5.71 Å². The van der Waals surface area contributed by atoms with E-state index in [1.807, 2.05) is 0 Å². The summed E-state index contributed by atoms with van der Waals surface area (Å²) in [7, 11) is 0. The largest absolute Gasteiger partial charge is 0.394 e. The van der Waals surface area contributed by atoms with Gasteiger partial charge in [-0.1, -0.05) is 19.8 Å². The van der Waals surface area contributed by atoms with Gasteiger partial charge in [-0.3, -0.25) is 0 Å². The van der Waals surface area contributed by atoms with Crippen LogP contribution >= 0.6 is 0 Å². The van der Waals surface area contributed by atoms with Crippen molar-refractivity contribution in [1.82, 2.24) is 5.43 Å². The molecule has 14 heavy (non-hydrogen) atoms. The number of rotatable bonds is 5. The number of nitrogens with one attached hydrogen (secondary N) is 1. The summed E-state index contributed by atoms with van der Waals surface area (Å²) < 4.78 is 0. The second-order valence-corrected chi connectivity index (χ2v) is 4.04. The highest BCUT2D eigenvalue weighted by atomic mass is 16.3. The maximum Gasteiger partial charge on any atom is 0.0620 e. The molecule has 0 unspecified atom stereocenters. The zero-order valence-electron chi connectivity index (χ0n) is 9.13. The molecule has 1 saturated carbocycles. The van der Waals surface area contributed by atoms with Crippen LogP contribution in [0.1, 0.15) is 45.4 Å². The molecular formula is C11H22N2O. The van der Waals surface area contributed by atoms with E-state index in [1.54, 1.807) is 0 Å². The molecule has 0 atom stereocenters. The minimum absolute atomic E-state index is 0.162. The quantitative estimate of drug-likeness (QED) is 0.523. The molecule has 0 aromatic rings. The fourth-order valence-corrected chi connectivity index (χ4v) is 2.04. The molecule has 1 rings (SSSR count). The third kappa shape index (κ3) is 4.09. The lowest BCUT2D eigenvalue weighted by Gasteiger charge is -2.22. The van der Waals surface area contributed by atoms with Crippen LogP contribution < -0.4 is 5.43 Å². The lowest BCUT2D eigenvalue weighted by atomic mass is 9.85. The number of aliphatic hydroxyl groups is 1. The molecule has 1 aliphatic carbocycles. The molecule has 2 N–H and O–H groups in total. The molecule has 1 fully saturated rings. The Hall–Kier alpha value is -0.570. The van der Waals surface area contributed by atoms with Crippen LogP contribution in [0.15, 0.2) is 5.10 Å². The average molecular weight is 198 g/mol. The number of hydrazone groups is 1. The first-order valence-corrected chi connectivity index (χ1v) is 5.76. The maximum atomic E-state index is 8.58. The summed E-state index contributed by atoms with van der Waals surface area (Å²) in [6.45, 7) is 2.99. The second kappa shape index (κ2) is 6.82. The van der Waals surface area contributed by atoms with Crippen LogP contribution in [-0.2, 0) is 0 Å². The van der Waals surface area contributed by atoms with E-state index in [0.717, 1.165) is 18.8 Å². The Morgan fingerprint density at radius 3 is 2.71 bits per heavy atom. The molecular weight excluding hydrogens is 176 g/mol. The highest BCUT2D eigenvalue weighted by molar-refractivity contribution is 5.84. The van der Waals surface area contributed by atoms with E-state index in [2.05, 4.69) is 17.5 Å². The van der Waals surface area contributed by atoms with Gasteiger partial charge < -0.3 is 10.5 Å². The van der Waals surface area contributed by atoms with Gasteiger partial charge >= 0.3 is 0 Å². The molecule has 0 aromatic carbocycles. The van der Waals surface area contributed by atoms with Gasteiger partial charge in [0.15, 0.2) is 0 Å². The van der Waals surface area contributed by atoms with Crippen LogP contribution in [-0.4, -0.2) is 24.0 Å². The van der Waals surface area contributed by atoms with Crippen LogP contribution in [0.2, 0.25) is 0 Å². The SMILES string of the molecule is CCCC1CCC(=NNCCO)CC1. The van der Waals surface area contributed by atoms with Crippen molar-refractivity contribution in [2.24, 2.45) is 11.0 Å². The summed E-state index contributed by atoms with van der Waals surface area (Å²) in [4.78, 5) is 0. The van der Waals surface area contributed by atoms with Crippen molar-refractivity contribution in [1.29, 1.82) is 0 Å². The Morgan fingerprint density at radius 2 is 2.14 bits per heavy atom. The summed E-state index contributed by atoms with van der Waals surface area (Å²) in [5.41, 5.74) is 4.17. The molecule has 0 aliphatic heterocycles. The smallest absolute Gasteiger partial charge is 0.0620 e. The Balaban J connectivity index is 2.17. The highest BCUT2D eigenvalue weighted by Gasteiger charge is 2.16. The first-order valence-electron chi connectivity index (χ1n) is 5.76. The minimum atomic E-state index is 0.162. The van der Waals surface area contributed by atoms with Crippen LogP contribution in [0.5, 0.6) is 0 Å². The molecule has 0 aromatic heterocycles. The maximum absolute atomic E-state index is 8.58. The van der Waals surface area contributed by atoms with Gasteiger partial charge in [-0.25, -0.2) is 0 Å². The molecule has 1 aliphatic rings. The minimum Gasteiger partial charge on any atom is -0.394 e. The summed E-state index contributed by atoms with van der Waals surface area (Å²) >= 11 is 0. The van der Waals surface area contributed by atoms with E-state index in [9.17, 15) is 0 Å². The highest BCUT2D eigenvalue weighted by Crippen LogP contribution is 2.25. The number of hydrogen-bond donors (Lipinski definition) is 2. The van der Waals surface area contributed by atoms with Crippen molar-refractivity contribution in [3.63, 3.8) is 0 Å². The number of hydrogen-bond acceptors (Lipinski definition) is 3. The zero-order chi connectivity index (χ0) is 10.2. The third-order valence-corrected chi connectivity index (χ3v) is 2.84. The lowest BCUT2D eigenvalue weighted by molar-refractivity contribution is 0.293. The van der Waals surface area contributed by atoms with Gasteiger partial charge in [-0.15, -0.1) is 0 Å². The molecule has 3 heteroatoms. The first-order chi connectivity index (χ1) is 6.86. The Labute approximate surface area is 86.6 Å². The molecule has 0 heterocycles. The van der Waals surface area contributed by atoms with Gasteiger partial charge in [0.1, 0.15) is 0 Å². The Bertz CT molecular complexity index is 170.